The third-order valence-electron chi connectivity index (χ3n) is 5.84. The molecule has 0 saturated carbocycles. The number of sulfonamides is 1. The number of anilines is 1. The fourth-order valence-electron chi connectivity index (χ4n) is 3.66. The second-order valence-corrected chi connectivity index (χ2v) is 11.9. The van der Waals surface area contributed by atoms with Gasteiger partial charge in [-0.3, -0.25) is 13.9 Å². The third kappa shape index (κ3) is 6.74. The molecule has 0 fully saturated rings. The van der Waals surface area contributed by atoms with Crippen LogP contribution >= 0.6 is 46.4 Å². The molecule has 2 amide bonds. The Hall–Kier alpha value is -2.49. The fraction of sp³-hybridized carbons (Fsp3) is 0.231. The van der Waals surface area contributed by atoms with Gasteiger partial charge < -0.3 is 10.2 Å². The number of hydrogen-bond acceptors (Lipinski definition) is 4. The Morgan fingerprint density at radius 2 is 1.58 bits per heavy atom. The number of hydrogen-bond donors (Lipinski definition) is 1. The van der Waals surface area contributed by atoms with Crippen LogP contribution in [0.2, 0.25) is 20.1 Å². The van der Waals surface area contributed by atoms with Crippen LogP contribution in [0.1, 0.15) is 18.1 Å². The summed E-state index contributed by atoms with van der Waals surface area (Å²) in [6.45, 7) is 2.68. The monoisotopic (exact) mass is 615 g/mol. The number of carbonyl (C=O) groups excluding carboxylic acids is 2. The van der Waals surface area contributed by atoms with Crippen molar-refractivity contribution in [2.75, 3.05) is 17.9 Å². The molecular weight excluding hydrogens is 592 g/mol. The van der Waals surface area contributed by atoms with Crippen LogP contribution in [0.15, 0.2) is 65.6 Å². The number of nitrogens with zero attached hydrogens (tertiary/aromatic N) is 2. The molecule has 0 radical (unpaired) electrons. The third-order valence-corrected chi connectivity index (χ3v) is 9.16. The summed E-state index contributed by atoms with van der Waals surface area (Å²) in [6.07, 6.45) is 0. The quantitative estimate of drug-likeness (QED) is 0.321. The maximum absolute atomic E-state index is 13.8. The SMILES string of the molecule is CNC(=O)[C@H](C)N(Cc1ccc(Cl)c(Cl)c1)C(=O)CN(c1cccc(Cl)c1Cl)S(=O)(=O)c1ccc(C)cc1. The van der Waals surface area contributed by atoms with Gasteiger partial charge in [-0.2, -0.15) is 0 Å². The Balaban J connectivity index is 2.08. The van der Waals surface area contributed by atoms with Crippen LogP contribution in [0.3, 0.4) is 0 Å². The first-order chi connectivity index (χ1) is 17.9. The summed E-state index contributed by atoms with van der Waals surface area (Å²) in [4.78, 5) is 27.5. The summed E-state index contributed by atoms with van der Waals surface area (Å²) in [5.41, 5.74) is 1.48. The highest BCUT2D eigenvalue weighted by atomic mass is 35.5. The van der Waals surface area contributed by atoms with Crippen molar-refractivity contribution in [1.82, 2.24) is 10.2 Å². The average Bonchev–Trinajstić information content (AvgIpc) is 2.88. The summed E-state index contributed by atoms with van der Waals surface area (Å²) in [5, 5.41) is 3.21. The van der Waals surface area contributed by atoms with Gasteiger partial charge in [0.25, 0.3) is 10.0 Å². The van der Waals surface area contributed by atoms with Gasteiger partial charge in [-0.15, -0.1) is 0 Å². The van der Waals surface area contributed by atoms with Gasteiger partial charge in [0.05, 0.1) is 30.7 Å². The van der Waals surface area contributed by atoms with Gasteiger partial charge in [-0.25, -0.2) is 8.42 Å². The largest absolute Gasteiger partial charge is 0.357 e. The Kier molecular flexibility index (Phi) is 9.95. The molecule has 0 aliphatic carbocycles. The first-order valence-corrected chi connectivity index (χ1v) is 14.3. The maximum Gasteiger partial charge on any atom is 0.264 e. The first kappa shape index (κ1) is 30.1. The molecule has 0 unspecified atom stereocenters. The lowest BCUT2D eigenvalue weighted by Gasteiger charge is -2.32. The molecule has 0 saturated heterocycles. The molecule has 0 bridgehead atoms. The highest BCUT2D eigenvalue weighted by molar-refractivity contribution is 7.92. The minimum absolute atomic E-state index is 0.0233. The number of aryl methyl sites for hydroxylation is 1. The number of benzene rings is 3. The van der Waals surface area contributed by atoms with Crippen molar-refractivity contribution >= 4 is 73.9 Å². The summed E-state index contributed by atoms with van der Waals surface area (Å²) < 4.78 is 28.5. The van der Waals surface area contributed by atoms with Gasteiger partial charge >= 0.3 is 0 Å². The first-order valence-electron chi connectivity index (χ1n) is 11.3. The molecule has 1 atom stereocenters. The molecule has 1 N–H and O–H groups in total. The van der Waals surface area contributed by atoms with Crippen molar-refractivity contribution < 1.29 is 18.0 Å². The lowest BCUT2D eigenvalue weighted by molar-refractivity contribution is -0.139. The van der Waals surface area contributed by atoms with E-state index in [0.29, 0.717) is 10.6 Å². The molecular formula is C26H25Cl4N3O4S. The van der Waals surface area contributed by atoms with Gasteiger partial charge in [0.2, 0.25) is 11.8 Å². The molecule has 0 aromatic heterocycles. The topological polar surface area (TPSA) is 86.8 Å². The highest BCUT2D eigenvalue weighted by Gasteiger charge is 2.33. The summed E-state index contributed by atoms with van der Waals surface area (Å²) in [5.74, 6) is -1.09. The number of carbonyl (C=O) groups is 2. The fourth-order valence-corrected chi connectivity index (χ4v) is 5.86. The second kappa shape index (κ2) is 12.6. The van der Waals surface area contributed by atoms with Crippen LogP contribution in [0.4, 0.5) is 5.69 Å². The van der Waals surface area contributed by atoms with Crippen molar-refractivity contribution in [3.63, 3.8) is 0 Å². The zero-order chi connectivity index (χ0) is 28.2. The summed E-state index contributed by atoms with van der Waals surface area (Å²) >= 11 is 24.8. The van der Waals surface area contributed by atoms with E-state index in [1.807, 2.05) is 6.92 Å². The van der Waals surface area contributed by atoms with Crippen LogP contribution in [-0.4, -0.2) is 44.8 Å². The lowest BCUT2D eigenvalue weighted by atomic mass is 10.1. The van der Waals surface area contributed by atoms with Crippen molar-refractivity contribution in [2.45, 2.75) is 31.3 Å². The van der Waals surface area contributed by atoms with Gasteiger partial charge in [-0.1, -0.05) is 76.2 Å². The average molecular weight is 617 g/mol. The van der Waals surface area contributed by atoms with E-state index in [4.69, 9.17) is 46.4 Å². The van der Waals surface area contributed by atoms with Crippen LogP contribution < -0.4 is 9.62 Å². The van der Waals surface area contributed by atoms with E-state index < -0.39 is 34.4 Å². The zero-order valence-electron chi connectivity index (χ0n) is 20.7. The number of rotatable bonds is 9. The summed E-state index contributed by atoms with van der Waals surface area (Å²) in [7, 11) is -2.83. The number of likely N-dealkylation sites (N-methyl/N-ethyl adjacent to an activating group) is 1. The lowest BCUT2D eigenvalue weighted by Crippen LogP contribution is -2.50. The van der Waals surface area contributed by atoms with E-state index >= 15 is 0 Å². The second-order valence-electron chi connectivity index (χ2n) is 8.46. The van der Waals surface area contributed by atoms with Crippen molar-refractivity contribution in [2.24, 2.45) is 0 Å². The molecule has 0 aliphatic rings. The Morgan fingerprint density at radius 3 is 2.18 bits per heavy atom. The molecule has 3 aromatic carbocycles. The number of amides is 2. The van der Waals surface area contributed by atoms with Gasteiger partial charge in [0.1, 0.15) is 12.6 Å². The van der Waals surface area contributed by atoms with E-state index in [2.05, 4.69) is 5.32 Å². The van der Waals surface area contributed by atoms with Crippen LogP contribution in [0, 0.1) is 6.92 Å². The molecule has 12 heteroatoms. The van der Waals surface area contributed by atoms with Gasteiger partial charge in [0, 0.05) is 13.6 Å². The minimum Gasteiger partial charge on any atom is -0.357 e. The highest BCUT2D eigenvalue weighted by Crippen LogP contribution is 2.35. The van der Waals surface area contributed by atoms with E-state index in [-0.39, 0.29) is 32.2 Å². The van der Waals surface area contributed by atoms with E-state index in [9.17, 15) is 18.0 Å². The van der Waals surface area contributed by atoms with Crippen LogP contribution in [0.5, 0.6) is 0 Å². The standard InChI is InChI=1S/C26H25Cl4N3O4S/c1-16-7-10-19(11-8-16)38(36,37)33(23-6-4-5-21(28)25(23)30)15-24(34)32(17(2)26(35)31-3)14-18-9-12-20(27)22(29)13-18/h4-13,17H,14-15H2,1-3H3,(H,31,35)/t17-/m0/s1. The van der Waals surface area contributed by atoms with E-state index in [1.165, 1.54) is 42.3 Å². The van der Waals surface area contributed by atoms with Crippen molar-refractivity contribution in [3.05, 3.63) is 91.9 Å². The molecule has 3 aromatic rings. The van der Waals surface area contributed by atoms with Crippen molar-refractivity contribution in [1.29, 1.82) is 0 Å². The number of halogens is 4. The molecule has 0 spiro atoms. The predicted octanol–water partition coefficient (Wildman–Crippen LogP) is 5.97. The smallest absolute Gasteiger partial charge is 0.264 e. The normalized spacial score (nSPS) is 12.1. The van der Waals surface area contributed by atoms with Gasteiger partial charge in [0.15, 0.2) is 0 Å². The van der Waals surface area contributed by atoms with Crippen molar-refractivity contribution in [3.8, 4) is 0 Å². The van der Waals surface area contributed by atoms with E-state index in [0.717, 1.165) is 9.87 Å². The van der Waals surface area contributed by atoms with Crippen LogP contribution in [-0.2, 0) is 26.2 Å². The maximum atomic E-state index is 13.8. The Labute approximate surface area is 242 Å². The Morgan fingerprint density at radius 1 is 0.921 bits per heavy atom. The number of nitrogens with one attached hydrogen (secondary N) is 1. The molecule has 0 heterocycles. The molecule has 0 aliphatic heterocycles. The summed E-state index contributed by atoms with van der Waals surface area (Å²) in [6, 6.07) is 14.6. The predicted molar refractivity (Wildman–Crippen MR) is 153 cm³/mol. The Bertz CT molecular complexity index is 1450. The molecule has 7 nitrogen and oxygen atoms in total. The minimum atomic E-state index is -4.27. The zero-order valence-corrected chi connectivity index (χ0v) is 24.6. The van der Waals surface area contributed by atoms with Gasteiger partial charge in [-0.05, 0) is 55.8 Å². The molecule has 202 valence electrons. The molecule has 38 heavy (non-hydrogen) atoms. The molecule has 3 rings (SSSR count). The van der Waals surface area contributed by atoms with E-state index in [1.54, 1.807) is 37.3 Å². The van der Waals surface area contributed by atoms with Crippen LogP contribution in [0.25, 0.3) is 0 Å².